The number of aryl methyl sites for hydroxylation is 1. The molecule has 4 rings (SSSR count). The van der Waals surface area contributed by atoms with Gasteiger partial charge in [-0.3, -0.25) is 0 Å². The van der Waals surface area contributed by atoms with E-state index in [9.17, 15) is 26.7 Å². The molecule has 0 spiro atoms. The van der Waals surface area contributed by atoms with Gasteiger partial charge >= 0.3 is 5.97 Å². The molecule has 0 heterocycles. The summed E-state index contributed by atoms with van der Waals surface area (Å²) in [4.78, 5) is 12.4. The van der Waals surface area contributed by atoms with Gasteiger partial charge in [-0.2, -0.15) is 4.39 Å². The van der Waals surface area contributed by atoms with E-state index in [4.69, 9.17) is 9.47 Å². The quantitative estimate of drug-likeness (QED) is 0.127. The molecule has 1 aliphatic carbocycles. The Morgan fingerprint density at radius 1 is 0.947 bits per heavy atom. The van der Waals surface area contributed by atoms with Crippen LogP contribution in [0.4, 0.5) is 22.0 Å². The van der Waals surface area contributed by atoms with Gasteiger partial charge in [0.05, 0.1) is 12.2 Å². The van der Waals surface area contributed by atoms with Gasteiger partial charge in [0.15, 0.2) is 23.2 Å². The number of carbonyl (C=O) groups excluding carboxylic acids is 1. The number of benzene rings is 3. The van der Waals surface area contributed by atoms with Gasteiger partial charge in [0.25, 0.3) is 0 Å². The van der Waals surface area contributed by atoms with Crippen molar-refractivity contribution in [3.8, 4) is 11.5 Å². The summed E-state index contributed by atoms with van der Waals surface area (Å²) in [7, 11) is 0. The van der Waals surface area contributed by atoms with E-state index in [0.717, 1.165) is 24.6 Å². The Bertz CT molecular complexity index is 1380. The molecule has 0 bridgehead atoms. The van der Waals surface area contributed by atoms with Crippen LogP contribution in [-0.2, 0) is 0 Å². The molecule has 38 heavy (non-hydrogen) atoms. The second kappa shape index (κ2) is 11.8. The van der Waals surface area contributed by atoms with Crippen LogP contribution in [0.15, 0.2) is 48.5 Å². The molecular formula is C30H27F5O3. The summed E-state index contributed by atoms with van der Waals surface area (Å²) in [5.41, 5.74) is 0.870. The van der Waals surface area contributed by atoms with Crippen LogP contribution in [-0.4, -0.2) is 12.6 Å². The number of unbranched alkanes of at least 4 members (excludes halogenated alkanes) is 1. The molecule has 0 amide bonds. The molecule has 0 radical (unpaired) electrons. The standard InChI is InChI=1S/C30H27F5O3/c1-3-4-15-37-25-14-13-23(28(34)29(25)35)30(36)38-20-10-12-21(24(31)16-20)18-6-8-19(9-7-18)22-11-5-17(2)26(32)27(22)33/h5-6,10-14,16,19H,3-4,7-9,15H2,1-2H3. The predicted octanol–water partition coefficient (Wildman–Crippen LogP) is 8.44. The minimum atomic E-state index is -1.41. The van der Waals surface area contributed by atoms with Gasteiger partial charge in [0.2, 0.25) is 5.82 Å². The van der Waals surface area contributed by atoms with Gasteiger partial charge in [-0.05, 0) is 79.5 Å². The first kappa shape index (κ1) is 27.4. The smallest absolute Gasteiger partial charge is 0.346 e. The summed E-state index contributed by atoms with van der Waals surface area (Å²) >= 11 is 0. The second-order valence-corrected chi connectivity index (χ2v) is 9.27. The summed E-state index contributed by atoms with van der Waals surface area (Å²) in [6.07, 6.45) is 4.62. The number of hydrogen-bond acceptors (Lipinski definition) is 3. The fourth-order valence-corrected chi connectivity index (χ4v) is 4.45. The van der Waals surface area contributed by atoms with E-state index in [1.165, 1.54) is 19.1 Å². The van der Waals surface area contributed by atoms with Crippen molar-refractivity contribution in [3.05, 3.63) is 99.9 Å². The molecular weight excluding hydrogens is 503 g/mol. The van der Waals surface area contributed by atoms with E-state index in [0.29, 0.717) is 36.8 Å². The molecule has 1 atom stereocenters. The topological polar surface area (TPSA) is 35.5 Å². The maximum absolute atomic E-state index is 14.9. The third-order valence-corrected chi connectivity index (χ3v) is 6.68. The van der Waals surface area contributed by atoms with Crippen molar-refractivity contribution < 1.29 is 36.2 Å². The van der Waals surface area contributed by atoms with E-state index >= 15 is 0 Å². The van der Waals surface area contributed by atoms with E-state index < -0.39 is 40.6 Å². The van der Waals surface area contributed by atoms with Crippen LogP contribution in [0.5, 0.6) is 11.5 Å². The molecule has 0 saturated heterocycles. The van der Waals surface area contributed by atoms with Crippen molar-refractivity contribution in [1.82, 2.24) is 0 Å². The third kappa shape index (κ3) is 5.74. The average molecular weight is 531 g/mol. The highest BCUT2D eigenvalue weighted by molar-refractivity contribution is 5.91. The van der Waals surface area contributed by atoms with E-state index in [1.54, 1.807) is 18.2 Å². The molecule has 3 aromatic rings. The summed E-state index contributed by atoms with van der Waals surface area (Å²) in [6, 6.07) is 9.11. The van der Waals surface area contributed by atoms with Crippen LogP contribution in [0.25, 0.3) is 5.57 Å². The van der Waals surface area contributed by atoms with E-state index in [-0.39, 0.29) is 35.2 Å². The Hall–Kier alpha value is -3.68. The number of allylic oxidation sites excluding steroid dienone is 2. The Balaban J connectivity index is 1.45. The number of ether oxygens (including phenoxy) is 2. The fourth-order valence-electron chi connectivity index (χ4n) is 4.45. The minimum Gasteiger partial charge on any atom is -0.490 e. The summed E-state index contributed by atoms with van der Waals surface area (Å²) in [5.74, 6) is -6.96. The molecule has 0 aliphatic heterocycles. The Kier molecular flexibility index (Phi) is 8.49. The molecule has 200 valence electrons. The van der Waals surface area contributed by atoms with Crippen LogP contribution < -0.4 is 9.47 Å². The van der Waals surface area contributed by atoms with Gasteiger partial charge in [0.1, 0.15) is 11.6 Å². The van der Waals surface area contributed by atoms with Crippen LogP contribution >= 0.6 is 0 Å². The second-order valence-electron chi connectivity index (χ2n) is 9.27. The maximum atomic E-state index is 14.9. The van der Waals surface area contributed by atoms with Crippen molar-refractivity contribution in [3.63, 3.8) is 0 Å². The number of halogens is 5. The van der Waals surface area contributed by atoms with Gasteiger partial charge in [-0.25, -0.2) is 22.4 Å². The SMILES string of the molecule is CCCCOc1ccc(C(=O)Oc2ccc(C3=CCC(c4ccc(C)c(F)c4F)CC3)c(F)c2)c(F)c1F. The highest BCUT2D eigenvalue weighted by Crippen LogP contribution is 2.39. The molecule has 0 fully saturated rings. The maximum Gasteiger partial charge on any atom is 0.346 e. The minimum absolute atomic E-state index is 0.175. The normalized spacial score (nSPS) is 15.2. The zero-order chi connectivity index (χ0) is 27.4. The molecule has 3 nitrogen and oxygen atoms in total. The predicted molar refractivity (Wildman–Crippen MR) is 134 cm³/mol. The van der Waals surface area contributed by atoms with Crippen LogP contribution in [0, 0.1) is 36.0 Å². The van der Waals surface area contributed by atoms with Crippen molar-refractivity contribution in [2.24, 2.45) is 0 Å². The highest BCUT2D eigenvalue weighted by Gasteiger charge is 2.25. The Labute approximate surface area is 217 Å². The highest BCUT2D eigenvalue weighted by atomic mass is 19.2. The molecule has 1 unspecified atom stereocenters. The first-order chi connectivity index (χ1) is 18.2. The molecule has 0 saturated carbocycles. The number of rotatable bonds is 8. The van der Waals surface area contributed by atoms with E-state index in [1.807, 2.05) is 6.92 Å². The lowest BCUT2D eigenvalue weighted by atomic mass is 9.82. The molecule has 1 aliphatic rings. The van der Waals surface area contributed by atoms with Crippen LogP contribution in [0.2, 0.25) is 0 Å². The van der Waals surface area contributed by atoms with Crippen molar-refractivity contribution in [2.75, 3.05) is 6.61 Å². The van der Waals surface area contributed by atoms with Crippen LogP contribution in [0.3, 0.4) is 0 Å². The van der Waals surface area contributed by atoms with Gasteiger partial charge < -0.3 is 9.47 Å². The third-order valence-electron chi connectivity index (χ3n) is 6.68. The summed E-state index contributed by atoms with van der Waals surface area (Å²) < 4.78 is 82.3. The number of esters is 1. The van der Waals surface area contributed by atoms with Crippen molar-refractivity contribution >= 4 is 11.5 Å². The largest absolute Gasteiger partial charge is 0.490 e. The van der Waals surface area contributed by atoms with Gasteiger partial charge in [0, 0.05) is 11.6 Å². The van der Waals surface area contributed by atoms with Crippen molar-refractivity contribution in [1.29, 1.82) is 0 Å². The van der Waals surface area contributed by atoms with Crippen molar-refractivity contribution in [2.45, 2.75) is 51.9 Å². The Morgan fingerprint density at radius 2 is 1.74 bits per heavy atom. The zero-order valence-corrected chi connectivity index (χ0v) is 21.1. The van der Waals surface area contributed by atoms with E-state index in [2.05, 4.69) is 0 Å². The van der Waals surface area contributed by atoms with Crippen LogP contribution in [0.1, 0.15) is 72.0 Å². The lowest BCUT2D eigenvalue weighted by molar-refractivity contribution is 0.0728. The first-order valence-electron chi connectivity index (χ1n) is 12.5. The molecule has 0 N–H and O–H groups in total. The monoisotopic (exact) mass is 530 g/mol. The Morgan fingerprint density at radius 3 is 2.42 bits per heavy atom. The number of hydrogen-bond donors (Lipinski definition) is 0. The summed E-state index contributed by atoms with van der Waals surface area (Å²) in [5, 5.41) is 0. The average Bonchev–Trinajstić information content (AvgIpc) is 2.90. The lowest BCUT2D eigenvalue weighted by Crippen LogP contribution is -2.13. The first-order valence-corrected chi connectivity index (χ1v) is 12.5. The molecule has 0 aromatic heterocycles. The van der Waals surface area contributed by atoms with Gasteiger partial charge in [-0.1, -0.05) is 31.6 Å². The van der Waals surface area contributed by atoms with Gasteiger partial charge in [-0.15, -0.1) is 0 Å². The molecule has 8 heteroatoms. The molecule has 3 aromatic carbocycles. The zero-order valence-electron chi connectivity index (χ0n) is 21.1. The fraction of sp³-hybridized carbons (Fsp3) is 0.300. The lowest BCUT2D eigenvalue weighted by Gasteiger charge is -2.23. The summed E-state index contributed by atoms with van der Waals surface area (Å²) in [6.45, 7) is 3.63. The number of carbonyl (C=O) groups is 1.